The fraction of sp³-hybridized carbons (Fsp3) is 0.560. The summed E-state index contributed by atoms with van der Waals surface area (Å²) in [6.45, 7) is 3.92. The number of nitrogens with one attached hydrogen (secondary N) is 1. The molecule has 1 aromatic carbocycles. The van der Waals surface area contributed by atoms with E-state index in [4.69, 9.17) is 9.97 Å². The van der Waals surface area contributed by atoms with Crippen molar-refractivity contribution in [1.29, 1.82) is 0 Å². The summed E-state index contributed by atoms with van der Waals surface area (Å²) in [5.74, 6) is 2.48. The second kappa shape index (κ2) is 10.4. The summed E-state index contributed by atoms with van der Waals surface area (Å²) in [7, 11) is 5.86. The molecule has 0 saturated carbocycles. The van der Waals surface area contributed by atoms with Crippen LogP contribution in [0.2, 0.25) is 0 Å². The summed E-state index contributed by atoms with van der Waals surface area (Å²) in [4.78, 5) is 28.6. The van der Waals surface area contributed by atoms with Crippen LogP contribution in [0.1, 0.15) is 54.7 Å². The number of nitrogens with zero attached hydrogens (tertiary/aromatic N) is 5. The van der Waals surface area contributed by atoms with Crippen LogP contribution in [0.25, 0.3) is 0 Å². The number of carbonyl (C=O) groups is 1. The maximum absolute atomic E-state index is 12.9. The molecule has 1 amide bonds. The average molecular weight is 437 g/mol. The minimum absolute atomic E-state index is 0.147. The highest BCUT2D eigenvalue weighted by Crippen LogP contribution is 2.28. The number of likely N-dealkylation sites (tertiary alicyclic amines) is 1. The van der Waals surface area contributed by atoms with Gasteiger partial charge in [0.1, 0.15) is 11.6 Å². The number of piperidine rings is 1. The predicted molar refractivity (Wildman–Crippen MR) is 128 cm³/mol. The molecule has 4 rings (SSSR count). The molecule has 7 nitrogen and oxygen atoms in total. The third kappa shape index (κ3) is 5.64. The fourth-order valence-electron chi connectivity index (χ4n) is 4.67. The number of rotatable bonds is 7. The topological polar surface area (TPSA) is 64.6 Å². The molecule has 0 radical (unpaired) electrons. The van der Waals surface area contributed by atoms with E-state index in [9.17, 15) is 4.79 Å². The van der Waals surface area contributed by atoms with Crippen molar-refractivity contribution in [3.8, 4) is 0 Å². The Bertz CT molecular complexity index is 889. The van der Waals surface area contributed by atoms with E-state index in [-0.39, 0.29) is 11.9 Å². The van der Waals surface area contributed by atoms with E-state index in [0.29, 0.717) is 19.0 Å². The van der Waals surface area contributed by atoms with Gasteiger partial charge in [-0.1, -0.05) is 30.3 Å². The number of anilines is 1. The smallest absolute Gasteiger partial charge is 0.236 e. The van der Waals surface area contributed by atoms with Gasteiger partial charge in [-0.3, -0.25) is 9.69 Å². The van der Waals surface area contributed by atoms with Crippen molar-refractivity contribution < 1.29 is 4.79 Å². The summed E-state index contributed by atoms with van der Waals surface area (Å²) in [5, 5.41) is 3.48. The molecule has 0 aliphatic carbocycles. The Morgan fingerprint density at radius 2 is 1.84 bits per heavy atom. The van der Waals surface area contributed by atoms with E-state index in [2.05, 4.69) is 40.5 Å². The summed E-state index contributed by atoms with van der Waals surface area (Å²) in [6, 6.07) is 12.9. The van der Waals surface area contributed by atoms with Gasteiger partial charge in [0, 0.05) is 27.2 Å². The van der Waals surface area contributed by atoms with E-state index in [0.717, 1.165) is 62.7 Å². The van der Waals surface area contributed by atoms with Crippen molar-refractivity contribution in [3.05, 3.63) is 53.5 Å². The van der Waals surface area contributed by atoms with E-state index in [1.165, 1.54) is 5.56 Å². The monoisotopic (exact) mass is 436 g/mol. The second-order valence-corrected chi connectivity index (χ2v) is 9.33. The van der Waals surface area contributed by atoms with Gasteiger partial charge in [0.15, 0.2) is 0 Å². The number of hydrogen-bond acceptors (Lipinski definition) is 6. The van der Waals surface area contributed by atoms with Gasteiger partial charge in [0.25, 0.3) is 0 Å². The average Bonchev–Trinajstić information content (AvgIpc) is 3.35. The molecule has 0 unspecified atom stereocenters. The van der Waals surface area contributed by atoms with Gasteiger partial charge in [0.2, 0.25) is 5.91 Å². The molecule has 2 aliphatic rings. The molecule has 32 heavy (non-hydrogen) atoms. The highest BCUT2D eigenvalue weighted by molar-refractivity contribution is 5.78. The Balaban J connectivity index is 1.33. The van der Waals surface area contributed by atoms with Crippen LogP contribution in [0, 0.1) is 0 Å². The molecular weight excluding hydrogens is 400 g/mol. The van der Waals surface area contributed by atoms with E-state index < -0.39 is 0 Å². The number of benzene rings is 1. The van der Waals surface area contributed by atoms with Gasteiger partial charge < -0.3 is 15.1 Å². The maximum atomic E-state index is 12.9. The first-order chi connectivity index (χ1) is 15.5. The van der Waals surface area contributed by atoms with Gasteiger partial charge in [-0.05, 0) is 56.8 Å². The first kappa shape index (κ1) is 22.7. The SMILES string of the molecule is CN(Cc1cc(N(C)C)nc([C@@H]2CCCN2)n1)C(=O)CN1CCC(c2ccccc2)CC1. The molecule has 172 valence electrons. The van der Waals surface area contributed by atoms with Crippen molar-refractivity contribution in [2.45, 2.75) is 44.2 Å². The zero-order valence-corrected chi connectivity index (χ0v) is 19.6. The molecule has 1 atom stereocenters. The van der Waals surface area contributed by atoms with Crippen molar-refractivity contribution in [2.75, 3.05) is 52.2 Å². The molecule has 1 aromatic heterocycles. The normalized spacial score (nSPS) is 19.8. The van der Waals surface area contributed by atoms with E-state index >= 15 is 0 Å². The molecule has 1 N–H and O–H groups in total. The van der Waals surface area contributed by atoms with Crippen LogP contribution >= 0.6 is 0 Å². The zero-order chi connectivity index (χ0) is 22.5. The van der Waals surface area contributed by atoms with E-state index in [1.54, 1.807) is 4.90 Å². The molecule has 2 saturated heterocycles. The molecular formula is C25H36N6O. The highest BCUT2D eigenvalue weighted by Gasteiger charge is 2.24. The number of aromatic nitrogens is 2. The summed E-state index contributed by atoms with van der Waals surface area (Å²) < 4.78 is 0. The zero-order valence-electron chi connectivity index (χ0n) is 19.6. The van der Waals surface area contributed by atoms with Crippen LogP contribution in [0.5, 0.6) is 0 Å². The van der Waals surface area contributed by atoms with Gasteiger partial charge >= 0.3 is 0 Å². The van der Waals surface area contributed by atoms with E-state index in [1.807, 2.05) is 32.1 Å². The fourth-order valence-corrected chi connectivity index (χ4v) is 4.67. The lowest BCUT2D eigenvalue weighted by Crippen LogP contribution is -2.41. The number of hydrogen-bond donors (Lipinski definition) is 1. The Morgan fingerprint density at radius 3 is 2.50 bits per heavy atom. The Kier molecular flexibility index (Phi) is 7.37. The quantitative estimate of drug-likeness (QED) is 0.720. The lowest BCUT2D eigenvalue weighted by Gasteiger charge is -2.32. The molecule has 2 aromatic rings. The summed E-state index contributed by atoms with van der Waals surface area (Å²) >= 11 is 0. The minimum Gasteiger partial charge on any atom is -0.363 e. The number of carbonyl (C=O) groups excluding carboxylic acids is 1. The predicted octanol–water partition coefficient (Wildman–Crippen LogP) is 2.81. The molecule has 2 fully saturated rings. The molecule has 3 heterocycles. The van der Waals surface area contributed by atoms with Crippen LogP contribution in [0.15, 0.2) is 36.4 Å². The lowest BCUT2D eigenvalue weighted by molar-refractivity contribution is -0.132. The first-order valence-electron chi connectivity index (χ1n) is 11.8. The minimum atomic E-state index is 0.147. The third-order valence-electron chi connectivity index (χ3n) is 6.66. The third-order valence-corrected chi connectivity index (χ3v) is 6.66. The van der Waals surface area contributed by atoms with Crippen molar-refractivity contribution in [3.63, 3.8) is 0 Å². The van der Waals surface area contributed by atoms with Gasteiger partial charge in [-0.25, -0.2) is 9.97 Å². The van der Waals surface area contributed by atoms with Crippen LogP contribution < -0.4 is 10.2 Å². The van der Waals surface area contributed by atoms with Gasteiger partial charge in [-0.2, -0.15) is 0 Å². The highest BCUT2D eigenvalue weighted by atomic mass is 16.2. The summed E-state index contributed by atoms with van der Waals surface area (Å²) in [6.07, 6.45) is 4.42. The van der Waals surface area contributed by atoms with Crippen molar-refractivity contribution in [2.24, 2.45) is 0 Å². The Morgan fingerprint density at radius 1 is 1.09 bits per heavy atom. The maximum Gasteiger partial charge on any atom is 0.236 e. The molecule has 0 bridgehead atoms. The van der Waals surface area contributed by atoms with Gasteiger partial charge in [0.05, 0.1) is 24.8 Å². The van der Waals surface area contributed by atoms with Crippen LogP contribution in [-0.2, 0) is 11.3 Å². The van der Waals surface area contributed by atoms with Crippen molar-refractivity contribution in [1.82, 2.24) is 25.1 Å². The number of likely N-dealkylation sites (N-methyl/N-ethyl adjacent to an activating group) is 1. The Labute approximate surface area is 191 Å². The molecule has 0 spiro atoms. The Hall–Kier alpha value is -2.51. The van der Waals surface area contributed by atoms with Crippen molar-refractivity contribution >= 4 is 11.7 Å². The molecule has 7 heteroatoms. The van der Waals surface area contributed by atoms with Crippen LogP contribution in [0.4, 0.5) is 5.82 Å². The largest absolute Gasteiger partial charge is 0.363 e. The summed E-state index contributed by atoms with van der Waals surface area (Å²) in [5.41, 5.74) is 2.31. The van der Waals surface area contributed by atoms with Crippen LogP contribution in [-0.4, -0.2) is 73.0 Å². The molecule has 2 aliphatic heterocycles. The standard InChI is InChI=1S/C25H36N6O/c1-29(2)23-16-21(27-25(28-23)22-10-7-13-26-22)17-30(3)24(32)18-31-14-11-20(12-15-31)19-8-5-4-6-9-19/h4-6,8-9,16,20,22,26H,7,10-15,17-18H2,1-3H3/t22-/m0/s1. The first-order valence-corrected chi connectivity index (χ1v) is 11.8. The number of amides is 1. The lowest BCUT2D eigenvalue weighted by atomic mass is 9.89. The second-order valence-electron chi connectivity index (χ2n) is 9.33. The van der Waals surface area contributed by atoms with Crippen LogP contribution in [0.3, 0.4) is 0 Å². The van der Waals surface area contributed by atoms with Gasteiger partial charge in [-0.15, -0.1) is 0 Å².